The van der Waals surface area contributed by atoms with Gasteiger partial charge in [-0.15, -0.1) is 10.2 Å². The minimum Gasteiger partial charge on any atom is -0.424 e. The van der Waals surface area contributed by atoms with E-state index < -0.39 is 0 Å². The fourth-order valence-electron chi connectivity index (χ4n) is 3.09. The van der Waals surface area contributed by atoms with E-state index in [0.29, 0.717) is 25.0 Å². The fraction of sp³-hybridized carbons (Fsp3) is 0.500. The molecule has 1 aromatic heterocycles. The average molecular weight is 305 g/mol. The van der Waals surface area contributed by atoms with Crippen LogP contribution in [-0.2, 0) is 10.2 Å². The Morgan fingerprint density at radius 2 is 1.86 bits per heavy atom. The van der Waals surface area contributed by atoms with E-state index in [-0.39, 0.29) is 5.41 Å². The van der Waals surface area contributed by atoms with Gasteiger partial charge in [0.25, 0.3) is 0 Å². The van der Waals surface area contributed by atoms with Gasteiger partial charge in [-0.2, -0.15) is 0 Å². The van der Waals surface area contributed by atoms with Crippen molar-refractivity contribution >= 4 is 11.6 Å². The summed E-state index contributed by atoms with van der Waals surface area (Å²) in [6.45, 7) is 1.37. The molecule has 1 saturated heterocycles. The number of hydrogen-bond acceptors (Lipinski definition) is 4. The summed E-state index contributed by atoms with van der Waals surface area (Å²) in [7, 11) is 0. The molecule has 0 radical (unpaired) electrons. The van der Waals surface area contributed by atoms with E-state index in [0.717, 1.165) is 42.2 Å². The van der Waals surface area contributed by atoms with E-state index in [1.54, 1.807) is 0 Å². The largest absolute Gasteiger partial charge is 0.424 e. The van der Waals surface area contributed by atoms with Crippen molar-refractivity contribution in [3.8, 4) is 0 Å². The van der Waals surface area contributed by atoms with Crippen molar-refractivity contribution in [3.05, 3.63) is 46.6 Å². The van der Waals surface area contributed by atoms with E-state index in [9.17, 15) is 0 Å². The summed E-state index contributed by atoms with van der Waals surface area (Å²) in [4.78, 5) is 0. The maximum Gasteiger partial charge on any atom is 0.227 e. The predicted octanol–water partition coefficient (Wildman–Crippen LogP) is 3.70. The van der Waals surface area contributed by atoms with Crippen LogP contribution in [0.15, 0.2) is 28.7 Å². The first kappa shape index (κ1) is 13.3. The lowest BCUT2D eigenvalue weighted by Crippen LogP contribution is -2.35. The van der Waals surface area contributed by atoms with E-state index in [2.05, 4.69) is 16.3 Å². The maximum absolute atomic E-state index is 6.45. The molecule has 0 spiro atoms. The van der Waals surface area contributed by atoms with Crippen molar-refractivity contribution in [2.24, 2.45) is 0 Å². The zero-order chi connectivity index (χ0) is 14.3. The smallest absolute Gasteiger partial charge is 0.227 e. The lowest BCUT2D eigenvalue weighted by molar-refractivity contribution is 0.0541. The molecule has 1 aromatic carbocycles. The number of hydrogen-bond donors (Lipinski definition) is 0. The van der Waals surface area contributed by atoms with Crippen LogP contribution >= 0.6 is 11.6 Å². The number of ether oxygens (including phenoxy) is 1. The summed E-state index contributed by atoms with van der Waals surface area (Å²) in [5.41, 5.74) is 0.762. The van der Waals surface area contributed by atoms with Crippen LogP contribution in [0.3, 0.4) is 0 Å². The number of rotatable bonds is 3. The Hall–Kier alpha value is -1.39. The number of halogens is 1. The molecular weight excluding hydrogens is 288 g/mol. The first-order chi connectivity index (χ1) is 10.3. The number of nitrogens with zero attached hydrogens (tertiary/aromatic N) is 2. The molecule has 4 rings (SSSR count). The Balaban J connectivity index is 1.81. The molecule has 0 amide bonds. The zero-order valence-corrected chi connectivity index (χ0v) is 12.5. The van der Waals surface area contributed by atoms with Crippen LogP contribution in [0.4, 0.5) is 0 Å². The molecule has 2 heterocycles. The van der Waals surface area contributed by atoms with Gasteiger partial charge in [-0.25, -0.2) is 0 Å². The predicted molar refractivity (Wildman–Crippen MR) is 78.6 cm³/mol. The van der Waals surface area contributed by atoms with Crippen molar-refractivity contribution < 1.29 is 9.15 Å². The van der Waals surface area contributed by atoms with Gasteiger partial charge in [-0.1, -0.05) is 29.8 Å². The quantitative estimate of drug-likeness (QED) is 0.867. The van der Waals surface area contributed by atoms with Crippen LogP contribution in [0.1, 0.15) is 48.9 Å². The number of benzene rings is 1. The van der Waals surface area contributed by atoms with Crippen molar-refractivity contribution in [1.29, 1.82) is 0 Å². The molecule has 0 unspecified atom stereocenters. The molecule has 1 aliphatic heterocycles. The molecule has 1 aliphatic carbocycles. The molecule has 0 atom stereocenters. The summed E-state index contributed by atoms with van der Waals surface area (Å²) in [5, 5.41) is 9.37. The van der Waals surface area contributed by atoms with E-state index in [1.807, 2.05) is 18.2 Å². The minimum absolute atomic E-state index is 0.309. The van der Waals surface area contributed by atoms with E-state index in [1.165, 1.54) is 0 Å². The monoisotopic (exact) mass is 304 g/mol. The molecule has 2 aromatic rings. The Labute approximate surface area is 128 Å². The highest BCUT2D eigenvalue weighted by molar-refractivity contribution is 6.31. The topological polar surface area (TPSA) is 48.2 Å². The van der Waals surface area contributed by atoms with Crippen LogP contribution in [0.2, 0.25) is 5.02 Å². The van der Waals surface area contributed by atoms with Gasteiger partial charge < -0.3 is 9.15 Å². The Morgan fingerprint density at radius 3 is 2.57 bits per heavy atom. The number of aromatic nitrogens is 2. The second-order valence-electron chi connectivity index (χ2n) is 5.89. The van der Waals surface area contributed by atoms with Crippen molar-refractivity contribution in [3.63, 3.8) is 0 Å². The third-order valence-corrected chi connectivity index (χ3v) is 4.84. The van der Waals surface area contributed by atoms with Gasteiger partial charge in [-0.05, 0) is 37.3 Å². The van der Waals surface area contributed by atoms with Gasteiger partial charge in [0.05, 0.1) is 5.41 Å². The molecular formula is C16H17ClN2O2. The van der Waals surface area contributed by atoms with Crippen LogP contribution in [0.5, 0.6) is 0 Å². The Kier molecular flexibility index (Phi) is 3.23. The average Bonchev–Trinajstić information content (AvgIpc) is 3.25. The van der Waals surface area contributed by atoms with Crippen molar-refractivity contribution in [1.82, 2.24) is 10.2 Å². The van der Waals surface area contributed by atoms with E-state index in [4.69, 9.17) is 20.8 Å². The second-order valence-corrected chi connectivity index (χ2v) is 6.30. The van der Waals surface area contributed by atoms with Gasteiger partial charge >= 0.3 is 0 Å². The SMILES string of the molecule is Clc1ccccc1C1(c2nnc(C3CC3)o2)CCOCC1. The summed E-state index contributed by atoms with van der Waals surface area (Å²) < 4.78 is 11.6. The molecule has 0 N–H and O–H groups in total. The second kappa shape index (κ2) is 5.11. The molecule has 2 aliphatic rings. The van der Waals surface area contributed by atoms with Crippen LogP contribution < -0.4 is 0 Å². The Morgan fingerprint density at radius 1 is 1.10 bits per heavy atom. The van der Waals surface area contributed by atoms with Crippen molar-refractivity contribution in [2.45, 2.75) is 37.0 Å². The third kappa shape index (κ3) is 2.27. The maximum atomic E-state index is 6.45. The van der Waals surface area contributed by atoms with Crippen LogP contribution in [0.25, 0.3) is 0 Å². The van der Waals surface area contributed by atoms with Gasteiger partial charge in [0.2, 0.25) is 11.8 Å². The molecule has 0 bridgehead atoms. The van der Waals surface area contributed by atoms with Gasteiger partial charge in [0.1, 0.15) is 0 Å². The zero-order valence-electron chi connectivity index (χ0n) is 11.7. The van der Waals surface area contributed by atoms with Crippen molar-refractivity contribution in [2.75, 3.05) is 13.2 Å². The normalized spacial score (nSPS) is 21.4. The molecule has 2 fully saturated rings. The first-order valence-electron chi connectivity index (χ1n) is 7.46. The lowest BCUT2D eigenvalue weighted by atomic mass is 9.74. The highest BCUT2D eigenvalue weighted by Gasteiger charge is 2.43. The highest BCUT2D eigenvalue weighted by atomic mass is 35.5. The summed E-state index contributed by atoms with van der Waals surface area (Å²) in [5.74, 6) is 1.94. The summed E-state index contributed by atoms with van der Waals surface area (Å²) in [6, 6.07) is 7.94. The van der Waals surface area contributed by atoms with E-state index >= 15 is 0 Å². The van der Waals surface area contributed by atoms with Gasteiger partial charge in [0.15, 0.2) is 0 Å². The molecule has 21 heavy (non-hydrogen) atoms. The van der Waals surface area contributed by atoms with Crippen LogP contribution in [0, 0.1) is 0 Å². The molecule has 5 heteroatoms. The summed E-state index contributed by atoms with van der Waals surface area (Å²) in [6.07, 6.45) is 3.96. The molecule has 110 valence electrons. The highest BCUT2D eigenvalue weighted by Crippen LogP contribution is 2.45. The minimum atomic E-state index is -0.309. The van der Waals surface area contributed by atoms with Crippen LogP contribution in [-0.4, -0.2) is 23.4 Å². The van der Waals surface area contributed by atoms with Gasteiger partial charge in [-0.3, -0.25) is 0 Å². The standard InChI is InChI=1S/C16H17ClN2O2/c17-13-4-2-1-3-12(13)16(7-9-20-10-8-16)15-19-18-14(21-15)11-5-6-11/h1-4,11H,5-10H2. The van der Waals surface area contributed by atoms with Gasteiger partial charge in [0, 0.05) is 24.2 Å². The molecule has 4 nitrogen and oxygen atoms in total. The lowest BCUT2D eigenvalue weighted by Gasteiger charge is -2.35. The fourth-order valence-corrected chi connectivity index (χ4v) is 3.41. The Bertz CT molecular complexity index is 645. The summed E-state index contributed by atoms with van der Waals surface area (Å²) >= 11 is 6.45. The first-order valence-corrected chi connectivity index (χ1v) is 7.84. The molecule has 1 saturated carbocycles. The third-order valence-electron chi connectivity index (χ3n) is 4.51.